The molecule has 104 valence electrons. The minimum absolute atomic E-state index is 0.0357. The number of thiazole rings is 1. The Hall–Kier alpha value is -2.80. The molecule has 2 aromatic heterocycles. The molecule has 0 radical (unpaired) electrons. The van der Waals surface area contributed by atoms with Crippen molar-refractivity contribution < 1.29 is 4.92 Å². The van der Waals surface area contributed by atoms with Gasteiger partial charge in [-0.15, -0.1) is 11.3 Å². The average molecular weight is 298 g/mol. The number of nitro benzene ring substituents is 1. The Bertz CT molecular complexity index is 816. The standard InChI is InChI=1S/C14H10N4O2S/c15-13-10(5-3-7-16-13)14-17-11(8-21-14)9-4-1-2-6-12(9)18(19)20/h1-8H,(H2,15,16). The number of para-hydroxylation sites is 1. The van der Waals surface area contributed by atoms with Gasteiger partial charge in [0.25, 0.3) is 5.69 Å². The van der Waals surface area contributed by atoms with E-state index in [1.54, 1.807) is 35.8 Å². The maximum Gasteiger partial charge on any atom is 0.278 e. The molecule has 0 atom stereocenters. The van der Waals surface area contributed by atoms with E-state index in [1.807, 2.05) is 6.07 Å². The van der Waals surface area contributed by atoms with Crippen molar-refractivity contribution >= 4 is 22.8 Å². The molecule has 0 aliphatic carbocycles. The zero-order chi connectivity index (χ0) is 14.8. The maximum absolute atomic E-state index is 11.1. The smallest absolute Gasteiger partial charge is 0.278 e. The first-order valence-corrected chi connectivity index (χ1v) is 6.95. The topological polar surface area (TPSA) is 94.9 Å². The summed E-state index contributed by atoms with van der Waals surface area (Å²) in [6, 6.07) is 10.1. The summed E-state index contributed by atoms with van der Waals surface area (Å²) in [5, 5.41) is 13.5. The second-order valence-corrected chi connectivity index (χ2v) is 5.11. The van der Waals surface area contributed by atoms with Gasteiger partial charge < -0.3 is 5.73 Å². The first-order valence-electron chi connectivity index (χ1n) is 6.07. The molecular weight excluding hydrogens is 288 g/mol. The lowest BCUT2D eigenvalue weighted by molar-refractivity contribution is -0.384. The van der Waals surface area contributed by atoms with Gasteiger partial charge in [0.05, 0.1) is 21.7 Å². The van der Waals surface area contributed by atoms with E-state index in [2.05, 4.69) is 9.97 Å². The van der Waals surface area contributed by atoms with E-state index >= 15 is 0 Å². The number of benzene rings is 1. The molecule has 0 bridgehead atoms. The first-order chi connectivity index (χ1) is 10.2. The van der Waals surface area contributed by atoms with Gasteiger partial charge in [0, 0.05) is 17.6 Å². The van der Waals surface area contributed by atoms with Crippen LogP contribution in [0.4, 0.5) is 11.5 Å². The van der Waals surface area contributed by atoms with E-state index in [0.717, 1.165) is 5.56 Å². The molecule has 6 nitrogen and oxygen atoms in total. The fourth-order valence-corrected chi connectivity index (χ4v) is 2.82. The quantitative estimate of drug-likeness (QED) is 0.591. The largest absolute Gasteiger partial charge is 0.383 e. The third-order valence-electron chi connectivity index (χ3n) is 2.95. The lowest BCUT2D eigenvalue weighted by Gasteiger charge is -2.00. The number of rotatable bonds is 3. The first kappa shape index (κ1) is 13.2. The minimum Gasteiger partial charge on any atom is -0.383 e. The number of nitrogens with zero attached hydrogens (tertiary/aromatic N) is 3. The summed E-state index contributed by atoms with van der Waals surface area (Å²) < 4.78 is 0. The summed E-state index contributed by atoms with van der Waals surface area (Å²) in [7, 11) is 0. The Kier molecular flexibility index (Phi) is 3.33. The predicted octanol–water partition coefficient (Wildman–Crippen LogP) is 3.36. The molecule has 3 rings (SSSR count). The zero-order valence-electron chi connectivity index (χ0n) is 10.8. The van der Waals surface area contributed by atoms with Crippen LogP contribution in [0.2, 0.25) is 0 Å². The number of hydrogen-bond donors (Lipinski definition) is 1. The van der Waals surface area contributed by atoms with Crippen molar-refractivity contribution in [2.45, 2.75) is 0 Å². The molecule has 0 amide bonds. The highest BCUT2D eigenvalue weighted by Gasteiger charge is 2.17. The van der Waals surface area contributed by atoms with Crippen LogP contribution in [0.15, 0.2) is 48.0 Å². The van der Waals surface area contributed by atoms with Crippen LogP contribution >= 0.6 is 11.3 Å². The summed E-state index contributed by atoms with van der Waals surface area (Å²) in [4.78, 5) is 19.1. The second-order valence-electron chi connectivity index (χ2n) is 4.25. The highest BCUT2D eigenvalue weighted by molar-refractivity contribution is 7.13. The van der Waals surface area contributed by atoms with Crippen LogP contribution < -0.4 is 5.73 Å². The molecule has 0 aliphatic heterocycles. The van der Waals surface area contributed by atoms with Crippen molar-refractivity contribution in [2.24, 2.45) is 0 Å². The van der Waals surface area contributed by atoms with Gasteiger partial charge >= 0.3 is 0 Å². The van der Waals surface area contributed by atoms with E-state index in [9.17, 15) is 10.1 Å². The number of anilines is 1. The van der Waals surface area contributed by atoms with Gasteiger partial charge in [0.15, 0.2) is 0 Å². The molecule has 0 saturated carbocycles. The van der Waals surface area contributed by atoms with Gasteiger partial charge in [-0.2, -0.15) is 0 Å². The number of aromatic nitrogens is 2. The Labute approximate surface area is 124 Å². The zero-order valence-corrected chi connectivity index (χ0v) is 11.6. The van der Waals surface area contributed by atoms with E-state index < -0.39 is 4.92 Å². The van der Waals surface area contributed by atoms with Gasteiger partial charge in [-0.1, -0.05) is 12.1 Å². The van der Waals surface area contributed by atoms with Gasteiger partial charge in [-0.3, -0.25) is 10.1 Å². The summed E-state index contributed by atoms with van der Waals surface area (Å²) in [5.41, 5.74) is 7.64. The Morgan fingerprint density at radius 3 is 2.67 bits per heavy atom. The Morgan fingerprint density at radius 2 is 1.90 bits per heavy atom. The fourth-order valence-electron chi connectivity index (χ4n) is 1.97. The SMILES string of the molecule is Nc1ncccc1-c1nc(-c2ccccc2[N+](=O)[O-])cs1. The molecule has 1 aromatic carbocycles. The number of pyridine rings is 1. The van der Waals surface area contributed by atoms with Gasteiger partial charge in [0.2, 0.25) is 0 Å². The van der Waals surface area contributed by atoms with Gasteiger partial charge in [-0.25, -0.2) is 9.97 Å². The van der Waals surface area contributed by atoms with Crippen LogP contribution in [0.3, 0.4) is 0 Å². The summed E-state index contributed by atoms with van der Waals surface area (Å²) in [5.74, 6) is 0.390. The number of nitrogens with two attached hydrogens (primary N) is 1. The fraction of sp³-hybridized carbons (Fsp3) is 0. The van der Waals surface area contributed by atoms with Gasteiger partial charge in [-0.05, 0) is 18.2 Å². The van der Waals surface area contributed by atoms with Crippen LogP contribution in [0.25, 0.3) is 21.8 Å². The highest BCUT2D eigenvalue weighted by Crippen LogP contribution is 2.34. The molecule has 0 aliphatic rings. The van der Waals surface area contributed by atoms with Crippen molar-refractivity contribution in [3.8, 4) is 21.8 Å². The van der Waals surface area contributed by atoms with Crippen LogP contribution in [0.1, 0.15) is 0 Å². The summed E-state index contributed by atoms with van der Waals surface area (Å²) >= 11 is 1.38. The van der Waals surface area contributed by atoms with E-state index in [4.69, 9.17) is 5.73 Å². The Morgan fingerprint density at radius 1 is 1.14 bits per heavy atom. The van der Waals surface area contributed by atoms with E-state index in [1.165, 1.54) is 17.4 Å². The van der Waals surface area contributed by atoms with E-state index in [0.29, 0.717) is 22.1 Å². The number of hydrogen-bond acceptors (Lipinski definition) is 6. The lowest BCUT2D eigenvalue weighted by atomic mass is 10.1. The maximum atomic E-state index is 11.1. The monoisotopic (exact) mass is 298 g/mol. The molecule has 0 saturated heterocycles. The molecule has 2 heterocycles. The van der Waals surface area contributed by atoms with Gasteiger partial charge in [0.1, 0.15) is 10.8 Å². The van der Waals surface area contributed by atoms with Crippen LogP contribution in [0.5, 0.6) is 0 Å². The van der Waals surface area contributed by atoms with Crippen LogP contribution in [0, 0.1) is 10.1 Å². The van der Waals surface area contributed by atoms with Crippen molar-refractivity contribution in [1.29, 1.82) is 0 Å². The molecule has 3 aromatic rings. The van der Waals surface area contributed by atoms with Crippen molar-refractivity contribution in [1.82, 2.24) is 9.97 Å². The van der Waals surface area contributed by atoms with Crippen LogP contribution in [-0.4, -0.2) is 14.9 Å². The predicted molar refractivity (Wildman–Crippen MR) is 81.8 cm³/mol. The molecule has 0 spiro atoms. The summed E-state index contributed by atoms with van der Waals surface area (Å²) in [6.07, 6.45) is 1.61. The molecular formula is C14H10N4O2S. The third-order valence-corrected chi connectivity index (χ3v) is 3.83. The number of nitrogen functional groups attached to an aromatic ring is 1. The molecule has 0 fully saturated rings. The number of nitro groups is 1. The van der Waals surface area contributed by atoms with Crippen molar-refractivity contribution in [2.75, 3.05) is 5.73 Å². The molecule has 21 heavy (non-hydrogen) atoms. The normalized spacial score (nSPS) is 10.5. The lowest BCUT2D eigenvalue weighted by Crippen LogP contribution is -1.93. The van der Waals surface area contributed by atoms with Crippen LogP contribution in [-0.2, 0) is 0 Å². The molecule has 7 heteroatoms. The minimum atomic E-state index is -0.410. The second kappa shape index (κ2) is 5.29. The van der Waals surface area contributed by atoms with Crippen molar-refractivity contribution in [3.63, 3.8) is 0 Å². The summed E-state index contributed by atoms with van der Waals surface area (Å²) in [6.45, 7) is 0. The van der Waals surface area contributed by atoms with E-state index in [-0.39, 0.29) is 5.69 Å². The molecule has 2 N–H and O–H groups in total. The molecule has 0 unspecified atom stereocenters. The van der Waals surface area contributed by atoms with Crippen molar-refractivity contribution in [3.05, 3.63) is 58.1 Å². The Balaban J connectivity index is 2.08. The average Bonchev–Trinajstić information content (AvgIpc) is 2.97. The highest BCUT2D eigenvalue weighted by atomic mass is 32.1. The third kappa shape index (κ3) is 2.46.